The van der Waals surface area contributed by atoms with E-state index in [1.807, 2.05) is 19.1 Å². The number of benzene rings is 2. The Morgan fingerprint density at radius 2 is 1.62 bits per heavy atom. The van der Waals surface area contributed by atoms with Crippen molar-refractivity contribution in [3.8, 4) is 5.75 Å². The highest BCUT2D eigenvalue weighted by molar-refractivity contribution is 6.04. The zero-order valence-electron chi connectivity index (χ0n) is 14.2. The Labute approximate surface area is 142 Å². The molecule has 0 saturated heterocycles. The lowest BCUT2D eigenvalue weighted by molar-refractivity contribution is -0.127. The molecule has 0 aliphatic rings. The summed E-state index contributed by atoms with van der Waals surface area (Å²) in [7, 11) is 3.46. The average Bonchev–Trinajstić information content (AvgIpc) is 2.57. The second-order valence-electron chi connectivity index (χ2n) is 5.57. The second kappa shape index (κ2) is 8.15. The first-order valence-corrected chi connectivity index (χ1v) is 7.83. The molecule has 0 atom stereocenters. The molecule has 2 aromatic carbocycles. The van der Waals surface area contributed by atoms with Gasteiger partial charge in [0, 0.05) is 25.3 Å². The Hall–Kier alpha value is -2.82. The van der Waals surface area contributed by atoms with Gasteiger partial charge in [0.1, 0.15) is 5.75 Å². The van der Waals surface area contributed by atoms with Crippen LogP contribution >= 0.6 is 0 Å². The number of carbonyl (C=O) groups excluding carboxylic acids is 2. The number of anilines is 1. The van der Waals surface area contributed by atoms with E-state index in [-0.39, 0.29) is 11.8 Å². The van der Waals surface area contributed by atoms with Crippen LogP contribution in [0.25, 0.3) is 0 Å². The van der Waals surface area contributed by atoms with E-state index in [2.05, 4.69) is 5.32 Å². The van der Waals surface area contributed by atoms with Crippen LogP contribution in [0.1, 0.15) is 22.8 Å². The molecule has 0 radical (unpaired) electrons. The molecule has 0 bridgehead atoms. The van der Waals surface area contributed by atoms with Gasteiger partial charge < -0.3 is 15.0 Å². The summed E-state index contributed by atoms with van der Waals surface area (Å²) in [5.41, 5.74) is 2.16. The van der Waals surface area contributed by atoms with Crippen LogP contribution < -0.4 is 10.1 Å². The Morgan fingerprint density at radius 3 is 2.17 bits per heavy atom. The van der Waals surface area contributed by atoms with Crippen LogP contribution in [-0.2, 0) is 11.2 Å². The van der Waals surface area contributed by atoms with Crippen LogP contribution in [0.5, 0.6) is 5.75 Å². The van der Waals surface area contributed by atoms with Crippen LogP contribution in [0, 0.1) is 0 Å². The SMILES string of the molecule is CCOc1ccc(C(=O)Nc2ccc(CC(=O)N(C)C)cc2)cc1. The number of amides is 2. The van der Waals surface area contributed by atoms with Gasteiger partial charge >= 0.3 is 0 Å². The number of hydrogen-bond acceptors (Lipinski definition) is 3. The summed E-state index contributed by atoms with van der Waals surface area (Å²) >= 11 is 0. The first-order chi connectivity index (χ1) is 11.5. The summed E-state index contributed by atoms with van der Waals surface area (Å²) < 4.78 is 5.36. The van der Waals surface area contributed by atoms with Crippen molar-refractivity contribution in [2.24, 2.45) is 0 Å². The lowest BCUT2D eigenvalue weighted by atomic mass is 10.1. The largest absolute Gasteiger partial charge is 0.494 e. The fourth-order valence-corrected chi connectivity index (χ4v) is 2.11. The number of nitrogens with one attached hydrogen (secondary N) is 1. The summed E-state index contributed by atoms with van der Waals surface area (Å²) in [5.74, 6) is 0.598. The molecule has 0 aliphatic carbocycles. The summed E-state index contributed by atoms with van der Waals surface area (Å²) in [6.07, 6.45) is 0.347. The molecule has 0 aliphatic heterocycles. The van der Waals surface area contributed by atoms with Gasteiger partial charge in [-0.05, 0) is 48.9 Å². The minimum absolute atomic E-state index is 0.0428. The van der Waals surface area contributed by atoms with Crippen molar-refractivity contribution in [1.29, 1.82) is 0 Å². The zero-order chi connectivity index (χ0) is 17.5. The second-order valence-corrected chi connectivity index (χ2v) is 5.57. The lowest BCUT2D eigenvalue weighted by Gasteiger charge is -2.11. The minimum Gasteiger partial charge on any atom is -0.494 e. The van der Waals surface area contributed by atoms with Crippen molar-refractivity contribution in [2.45, 2.75) is 13.3 Å². The number of nitrogens with zero attached hydrogens (tertiary/aromatic N) is 1. The standard InChI is InChI=1S/C19H22N2O3/c1-4-24-17-11-7-15(8-12-17)19(23)20-16-9-5-14(6-10-16)13-18(22)21(2)3/h5-12H,4,13H2,1-3H3,(H,20,23). The summed E-state index contributed by atoms with van der Waals surface area (Å²) in [6, 6.07) is 14.3. The molecule has 2 rings (SSSR count). The molecule has 5 nitrogen and oxygen atoms in total. The summed E-state index contributed by atoms with van der Waals surface area (Å²) in [5, 5.41) is 2.84. The van der Waals surface area contributed by atoms with Crippen molar-refractivity contribution < 1.29 is 14.3 Å². The predicted molar refractivity (Wildman–Crippen MR) is 94.4 cm³/mol. The van der Waals surface area contributed by atoms with Gasteiger partial charge in [-0.2, -0.15) is 0 Å². The van der Waals surface area contributed by atoms with Gasteiger partial charge in [0.05, 0.1) is 13.0 Å². The number of hydrogen-bond donors (Lipinski definition) is 1. The molecule has 0 spiro atoms. The molecule has 24 heavy (non-hydrogen) atoms. The predicted octanol–water partition coefficient (Wildman–Crippen LogP) is 2.97. The van der Waals surface area contributed by atoms with E-state index >= 15 is 0 Å². The van der Waals surface area contributed by atoms with Crippen molar-refractivity contribution in [1.82, 2.24) is 4.90 Å². The molecule has 2 amide bonds. The van der Waals surface area contributed by atoms with Crippen LogP contribution in [0.4, 0.5) is 5.69 Å². The molecular weight excluding hydrogens is 304 g/mol. The normalized spacial score (nSPS) is 10.1. The van der Waals surface area contributed by atoms with Gasteiger partial charge in [0.2, 0.25) is 5.91 Å². The maximum atomic E-state index is 12.2. The quantitative estimate of drug-likeness (QED) is 0.888. The van der Waals surface area contributed by atoms with Gasteiger partial charge in [-0.15, -0.1) is 0 Å². The van der Waals surface area contributed by atoms with E-state index in [9.17, 15) is 9.59 Å². The molecule has 126 valence electrons. The highest BCUT2D eigenvalue weighted by atomic mass is 16.5. The van der Waals surface area contributed by atoms with Crippen LogP contribution in [0.15, 0.2) is 48.5 Å². The highest BCUT2D eigenvalue weighted by Gasteiger charge is 2.08. The van der Waals surface area contributed by atoms with Gasteiger partial charge in [-0.3, -0.25) is 9.59 Å². The third kappa shape index (κ3) is 4.84. The van der Waals surface area contributed by atoms with E-state index in [4.69, 9.17) is 4.74 Å². The molecule has 0 saturated carbocycles. The third-order valence-corrected chi connectivity index (χ3v) is 3.49. The highest BCUT2D eigenvalue weighted by Crippen LogP contribution is 2.15. The Balaban J connectivity index is 1.97. The average molecular weight is 326 g/mol. The molecule has 0 heterocycles. The van der Waals surface area contributed by atoms with Gasteiger partial charge in [-0.25, -0.2) is 0 Å². The smallest absolute Gasteiger partial charge is 0.255 e. The van der Waals surface area contributed by atoms with Gasteiger partial charge in [-0.1, -0.05) is 12.1 Å². The van der Waals surface area contributed by atoms with Crippen LogP contribution in [-0.4, -0.2) is 37.4 Å². The van der Waals surface area contributed by atoms with E-state index < -0.39 is 0 Å². The van der Waals surface area contributed by atoms with E-state index in [0.717, 1.165) is 11.3 Å². The molecule has 0 aromatic heterocycles. The maximum absolute atomic E-state index is 12.2. The third-order valence-electron chi connectivity index (χ3n) is 3.49. The van der Waals surface area contributed by atoms with Crippen LogP contribution in [0.2, 0.25) is 0 Å². The van der Waals surface area contributed by atoms with Crippen molar-refractivity contribution in [2.75, 3.05) is 26.0 Å². The van der Waals surface area contributed by atoms with Crippen molar-refractivity contribution >= 4 is 17.5 Å². The molecule has 0 fully saturated rings. The monoisotopic (exact) mass is 326 g/mol. The summed E-state index contributed by atoms with van der Waals surface area (Å²) in [4.78, 5) is 25.5. The molecule has 2 aromatic rings. The topological polar surface area (TPSA) is 58.6 Å². The van der Waals surface area contributed by atoms with Gasteiger partial charge in [0.15, 0.2) is 0 Å². The first-order valence-electron chi connectivity index (χ1n) is 7.83. The van der Waals surface area contributed by atoms with Crippen molar-refractivity contribution in [3.05, 3.63) is 59.7 Å². The minimum atomic E-state index is -0.185. The molecular formula is C19H22N2O3. The first kappa shape index (κ1) is 17.5. The number of ether oxygens (including phenoxy) is 1. The Bertz CT molecular complexity index is 692. The van der Waals surface area contributed by atoms with E-state index in [1.165, 1.54) is 0 Å². The van der Waals surface area contributed by atoms with Crippen LogP contribution in [0.3, 0.4) is 0 Å². The fraction of sp³-hybridized carbons (Fsp3) is 0.263. The Morgan fingerprint density at radius 1 is 1.00 bits per heavy atom. The lowest BCUT2D eigenvalue weighted by Crippen LogP contribution is -2.23. The summed E-state index contributed by atoms with van der Waals surface area (Å²) in [6.45, 7) is 2.50. The van der Waals surface area contributed by atoms with Gasteiger partial charge in [0.25, 0.3) is 5.91 Å². The fourth-order valence-electron chi connectivity index (χ4n) is 2.11. The van der Waals surface area contributed by atoms with E-state index in [0.29, 0.717) is 24.3 Å². The Kier molecular flexibility index (Phi) is 5.95. The zero-order valence-corrected chi connectivity index (χ0v) is 14.2. The number of rotatable bonds is 6. The maximum Gasteiger partial charge on any atom is 0.255 e. The van der Waals surface area contributed by atoms with E-state index in [1.54, 1.807) is 55.4 Å². The molecule has 0 unspecified atom stereocenters. The number of carbonyl (C=O) groups is 2. The number of likely N-dealkylation sites (N-methyl/N-ethyl adjacent to an activating group) is 1. The molecule has 1 N–H and O–H groups in total. The van der Waals surface area contributed by atoms with Crippen molar-refractivity contribution in [3.63, 3.8) is 0 Å². The molecule has 5 heteroatoms.